The molecule has 8 heteroatoms. The monoisotopic (exact) mass is 464 g/mol. The fourth-order valence-electron chi connectivity index (χ4n) is 4.21. The van der Waals surface area contributed by atoms with Gasteiger partial charge in [-0.2, -0.15) is 0 Å². The fourth-order valence-corrected chi connectivity index (χ4v) is 4.21. The van der Waals surface area contributed by atoms with Crippen molar-refractivity contribution >= 4 is 17.5 Å². The summed E-state index contributed by atoms with van der Waals surface area (Å²) in [6.07, 6.45) is 0.0241. The van der Waals surface area contributed by atoms with Crippen molar-refractivity contribution in [2.75, 3.05) is 31.1 Å². The lowest BCUT2D eigenvalue weighted by Gasteiger charge is -2.48. The van der Waals surface area contributed by atoms with Crippen molar-refractivity contribution in [1.82, 2.24) is 10.2 Å². The Morgan fingerprint density at radius 2 is 2.00 bits per heavy atom. The molecule has 1 aliphatic heterocycles. The van der Waals surface area contributed by atoms with Gasteiger partial charge in [0.2, 0.25) is 11.8 Å². The molecular weight excluding hydrogens is 423 g/mol. The van der Waals surface area contributed by atoms with Crippen LogP contribution in [-0.2, 0) is 9.59 Å². The number of carbonyl (C=O) groups is 2. The van der Waals surface area contributed by atoms with E-state index < -0.39 is 17.7 Å². The van der Waals surface area contributed by atoms with Crippen LogP contribution in [0.4, 0.5) is 10.1 Å². The Labute approximate surface area is 197 Å². The molecule has 1 fully saturated rings. The first kappa shape index (κ1) is 27.2. The smallest absolute Gasteiger partial charge is 0.241 e. The summed E-state index contributed by atoms with van der Waals surface area (Å²) in [5.74, 6) is -0.495. The van der Waals surface area contributed by atoms with Gasteiger partial charge < -0.3 is 21.1 Å². The molecule has 2 amide bonds. The number of nitrogens with one attached hydrogen (secondary N) is 1. The Balaban J connectivity index is 2.02. The van der Waals surface area contributed by atoms with Gasteiger partial charge in [-0.15, -0.1) is 0 Å². The van der Waals surface area contributed by atoms with E-state index in [1.165, 1.54) is 6.07 Å². The van der Waals surface area contributed by atoms with Gasteiger partial charge in [0.15, 0.2) is 0 Å². The molecular formula is C25H41FN4O3. The maximum absolute atomic E-state index is 14.0. The molecule has 1 heterocycles. The van der Waals surface area contributed by atoms with E-state index in [0.717, 1.165) is 0 Å². The highest BCUT2D eigenvalue weighted by Gasteiger charge is 2.40. The summed E-state index contributed by atoms with van der Waals surface area (Å²) in [6.45, 7) is 13.1. The molecule has 1 saturated heterocycles. The number of anilines is 1. The topological polar surface area (TPSA) is 98.9 Å². The van der Waals surface area contributed by atoms with Gasteiger partial charge in [0.1, 0.15) is 5.82 Å². The van der Waals surface area contributed by atoms with Crippen LogP contribution in [-0.4, -0.2) is 65.7 Å². The summed E-state index contributed by atoms with van der Waals surface area (Å²) in [6, 6.07) is 4.15. The maximum Gasteiger partial charge on any atom is 0.241 e. The second-order valence-electron chi connectivity index (χ2n) is 10.3. The van der Waals surface area contributed by atoms with Crippen LogP contribution >= 0.6 is 0 Å². The van der Waals surface area contributed by atoms with Gasteiger partial charge >= 0.3 is 0 Å². The minimum Gasteiger partial charge on any atom is -0.391 e. The van der Waals surface area contributed by atoms with Crippen molar-refractivity contribution < 1.29 is 19.1 Å². The number of rotatable bonds is 10. The first-order chi connectivity index (χ1) is 15.4. The van der Waals surface area contributed by atoms with Gasteiger partial charge in [-0.1, -0.05) is 26.8 Å². The van der Waals surface area contributed by atoms with Crippen molar-refractivity contribution in [2.24, 2.45) is 17.6 Å². The Morgan fingerprint density at radius 3 is 2.61 bits per heavy atom. The van der Waals surface area contributed by atoms with Gasteiger partial charge in [-0.05, 0) is 51.7 Å². The summed E-state index contributed by atoms with van der Waals surface area (Å²) >= 11 is 0. The van der Waals surface area contributed by atoms with E-state index in [-0.39, 0.29) is 36.5 Å². The predicted molar refractivity (Wildman–Crippen MR) is 129 cm³/mol. The van der Waals surface area contributed by atoms with Crippen molar-refractivity contribution in [3.8, 4) is 0 Å². The third-order valence-electron chi connectivity index (χ3n) is 6.56. The quantitative estimate of drug-likeness (QED) is 0.494. The second kappa shape index (κ2) is 11.4. The maximum atomic E-state index is 14.0. The fraction of sp³-hybridized carbons (Fsp3) is 0.680. The Morgan fingerprint density at radius 1 is 1.33 bits per heavy atom. The van der Waals surface area contributed by atoms with Crippen LogP contribution in [0, 0.1) is 24.6 Å². The molecule has 0 saturated carbocycles. The molecule has 0 unspecified atom stereocenters. The predicted octanol–water partition coefficient (Wildman–Crippen LogP) is 2.44. The number of piperazine rings is 1. The summed E-state index contributed by atoms with van der Waals surface area (Å²) in [4.78, 5) is 29.0. The molecule has 1 aromatic rings. The first-order valence-electron chi connectivity index (χ1n) is 11.9. The van der Waals surface area contributed by atoms with E-state index in [1.54, 1.807) is 24.0 Å². The van der Waals surface area contributed by atoms with Crippen LogP contribution in [0.5, 0.6) is 0 Å². The van der Waals surface area contributed by atoms with Crippen LogP contribution in [0.15, 0.2) is 18.2 Å². The Bertz CT molecular complexity index is 830. The van der Waals surface area contributed by atoms with Crippen LogP contribution in [0.1, 0.15) is 53.0 Å². The minimum atomic E-state index is -0.867. The normalized spacial score (nSPS) is 19.5. The molecule has 1 aromatic carbocycles. The third kappa shape index (κ3) is 6.98. The number of amides is 2. The highest BCUT2D eigenvalue weighted by Crippen LogP contribution is 2.30. The number of halogens is 1. The zero-order chi connectivity index (χ0) is 24.9. The van der Waals surface area contributed by atoms with E-state index in [0.29, 0.717) is 43.2 Å². The lowest BCUT2D eigenvalue weighted by atomic mass is 9.92. The number of nitrogens with two attached hydrogens (primary N) is 1. The standard InChI is InChI=1S/C25H41FN4O3/c1-7-18(24(33)28-12-16(2)3)11-22(31)20(27)13-29-14-23(32)30(15-25(29,5)6)21-10-8-9-19(26)17(21)4/h8-10,16,18,20,22,31H,7,11-15,27H2,1-6H3,(H,28,33)/t18-,20+,22+/m1/s1. The lowest BCUT2D eigenvalue weighted by Crippen LogP contribution is -2.64. The van der Waals surface area contributed by atoms with E-state index in [1.807, 2.05) is 39.5 Å². The average molecular weight is 465 g/mol. The second-order valence-corrected chi connectivity index (χ2v) is 10.3. The molecule has 0 aliphatic carbocycles. The molecule has 33 heavy (non-hydrogen) atoms. The van der Waals surface area contributed by atoms with Crippen molar-refractivity contribution in [3.05, 3.63) is 29.6 Å². The van der Waals surface area contributed by atoms with Gasteiger partial charge in [-0.3, -0.25) is 14.5 Å². The average Bonchev–Trinajstić information content (AvgIpc) is 2.74. The van der Waals surface area contributed by atoms with Crippen molar-refractivity contribution in [2.45, 2.75) is 72.1 Å². The molecule has 1 aliphatic rings. The van der Waals surface area contributed by atoms with Gasteiger partial charge in [0.05, 0.1) is 12.6 Å². The van der Waals surface area contributed by atoms with Crippen LogP contribution < -0.4 is 16.0 Å². The van der Waals surface area contributed by atoms with Crippen LogP contribution in [0.2, 0.25) is 0 Å². The lowest BCUT2D eigenvalue weighted by molar-refractivity contribution is -0.126. The highest BCUT2D eigenvalue weighted by molar-refractivity contribution is 5.96. The zero-order valence-corrected chi connectivity index (χ0v) is 20.9. The van der Waals surface area contributed by atoms with Gasteiger partial charge in [-0.25, -0.2) is 4.39 Å². The van der Waals surface area contributed by atoms with Crippen molar-refractivity contribution in [3.63, 3.8) is 0 Å². The summed E-state index contributed by atoms with van der Waals surface area (Å²) < 4.78 is 14.0. The summed E-state index contributed by atoms with van der Waals surface area (Å²) in [5.41, 5.74) is 6.93. The molecule has 2 rings (SSSR count). The zero-order valence-electron chi connectivity index (χ0n) is 20.9. The highest BCUT2D eigenvalue weighted by atomic mass is 19.1. The number of benzene rings is 1. The number of hydrogen-bond donors (Lipinski definition) is 3. The molecule has 4 N–H and O–H groups in total. The first-order valence-corrected chi connectivity index (χ1v) is 11.9. The SMILES string of the molecule is CC[C@H](C[C@H](O)[C@@H](N)CN1CC(=O)N(c2cccc(F)c2C)CC1(C)C)C(=O)NCC(C)C. The Hall–Kier alpha value is -2.03. The molecule has 186 valence electrons. The molecule has 0 bridgehead atoms. The molecule has 0 aromatic heterocycles. The number of carbonyl (C=O) groups excluding carboxylic acids is 2. The number of aliphatic hydroxyl groups is 1. The number of nitrogens with zero attached hydrogens (tertiary/aromatic N) is 2. The minimum absolute atomic E-state index is 0.0629. The summed E-state index contributed by atoms with van der Waals surface area (Å²) in [5, 5.41) is 13.7. The Kier molecular flexibility index (Phi) is 9.40. The molecule has 0 radical (unpaired) electrons. The number of hydrogen-bond acceptors (Lipinski definition) is 5. The van der Waals surface area contributed by atoms with E-state index in [2.05, 4.69) is 5.32 Å². The largest absolute Gasteiger partial charge is 0.391 e. The third-order valence-corrected chi connectivity index (χ3v) is 6.56. The van der Waals surface area contributed by atoms with Crippen LogP contribution in [0.3, 0.4) is 0 Å². The molecule has 0 spiro atoms. The number of aliphatic hydroxyl groups excluding tert-OH is 1. The summed E-state index contributed by atoms with van der Waals surface area (Å²) in [7, 11) is 0. The molecule has 3 atom stereocenters. The van der Waals surface area contributed by atoms with E-state index >= 15 is 0 Å². The van der Waals surface area contributed by atoms with Crippen molar-refractivity contribution in [1.29, 1.82) is 0 Å². The van der Waals surface area contributed by atoms with E-state index in [4.69, 9.17) is 5.73 Å². The van der Waals surface area contributed by atoms with Gasteiger partial charge in [0.25, 0.3) is 0 Å². The molecule has 7 nitrogen and oxygen atoms in total. The van der Waals surface area contributed by atoms with E-state index in [9.17, 15) is 19.1 Å². The van der Waals surface area contributed by atoms with Gasteiger partial charge in [0, 0.05) is 48.4 Å². The van der Waals surface area contributed by atoms with Crippen LogP contribution in [0.25, 0.3) is 0 Å².